The second-order valence-electron chi connectivity index (χ2n) is 4.34. The molecule has 0 bridgehead atoms. The third kappa shape index (κ3) is 2.75. The van der Waals surface area contributed by atoms with E-state index in [9.17, 15) is 4.79 Å². The molecule has 0 radical (unpaired) electrons. The minimum atomic E-state index is -0.243. The number of aromatic nitrogens is 2. The Morgan fingerprint density at radius 2 is 2.00 bits per heavy atom. The van der Waals surface area contributed by atoms with Gasteiger partial charge in [0.15, 0.2) is 5.69 Å². The van der Waals surface area contributed by atoms with Gasteiger partial charge in [0.05, 0.1) is 5.69 Å². The van der Waals surface area contributed by atoms with Crippen molar-refractivity contribution in [1.29, 1.82) is 0 Å². The van der Waals surface area contributed by atoms with Crippen LogP contribution in [0.1, 0.15) is 10.5 Å². The molecular weight excluding hydrogens is 220 g/mol. The molecule has 0 unspecified atom stereocenters. The van der Waals surface area contributed by atoms with Crippen molar-refractivity contribution in [2.24, 2.45) is 7.05 Å². The van der Waals surface area contributed by atoms with Crippen LogP contribution in [0.4, 0.5) is 5.69 Å². The minimum Gasteiger partial charge on any atom is -0.396 e. The third-order valence-corrected chi connectivity index (χ3v) is 2.84. The van der Waals surface area contributed by atoms with Crippen LogP contribution >= 0.6 is 0 Å². The molecule has 1 saturated heterocycles. The molecule has 1 aliphatic heterocycles. The molecule has 3 N–H and O–H groups in total. The zero-order valence-corrected chi connectivity index (χ0v) is 10.2. The molecule has 2 rings (SSSR count). The maximum absolute atomic E-state index is 11.9. The Morgan fingerprint density at radius 1 is 1.35 bits per heavy atom. The first kappa shape index (κ1) is 11.9. The SMILES string of the molecule is CN1CCN(NC(=O)c2nn(C)cc2N)CC1. The molecule has 1 amide bonds. The average molecular weight is 238 g/mol. The smallest absolute Gasteiger partial charge is 0.288 e. The van der Waals surface area contributed by atoms with Crippen molar-refractivity contribution in [1.82, 2.24) is 25.1 Å². The molecule has 1 aliphatic rings. The van der Waals surface area contributed by atoms with Gasteiger partial charge >= 0.3 is 0 Å². The van der Waals surface area contributed by atoms with E-state index in [0.29, 0.717) is 5.69 Å². The number of hydrogen-bond acceptors (Lipinski definition) is 5. The highest BCUT2D eigenvalue weighted by atomic mass is 16.2. The molecular formula is C10H18N6O. The van der Waals surface area contributed by atoms with E-state index in [4.69, 9.17) is 5.73 Å². The van der Waals surface area contributed by atoms with Gasteiger partial charge in [-0.1, -0.05) is 0 Å². The van der Waals surface area contributed by atoms with Crippen molar-refractivity contribution >= 4 is 11.6 Å². The maximum atomic E-state index is 11.9. The Bertz CT molecular complexity index is 407. The Labute approximate surface area is 100 Å². The number of rotatable bonds is 2. The summed E-state index contributed by atoms with van der Waals surface area (Å²) >= 11 is 0. The standard InChI is InChI=1S/C10H18N6O/c1-14-3-5-16(6-4-14)13-10(17)9-8(11)7-15(2)12-9/h7H,3-6,11H2,1-2H3,(H,13,17). The molecule has 1 aromatic heterocycles. The number of carbonyl (C=O) groups excluding carboxylic acids is 1. The van der Waals surface area contributed by atoms with Gasteiger partial charge in [0.2, 0.25) is 0 Å². The molecule has 7 nitrogen and oxygen atoms in total. The minimum absolute atomic E-state index is 0.243. The highest BCUT2D eigenvalue weighted by molar-refractivity contribution is 5.96. The zero-order valence-electron chi connectivity index (χ0n) is 10.2. The van der Waals surface area contributed by atoms with E-state index < -0.39 is 0 Å². The molecule has 2 heterocycles. The zero-order chi connectivity index (χ0) is 12.4. The molecule has 0 spiro atoms. The summed E-state index contributed by atoms with van der Waals surface area (Å²) in [4.78, 5) is 14.1. The van der Waals surface area contributed by atoms with Crippen molar-refractivity contribution in [3.63, 3.8) is 0 Å². The average Bonchev–Trinajstić information content (AvgIpc) is 2.61. The van der Waals surface area contributed by atoms with Gasteiger partial charge in [0.25, 0.3) is 5.91 Å². The number of nitrogens with one attached hydrogen (secondary N) is 1. The monoisotopic (exact) mass is 238 g/mol. The van der Waals surface area contributed by atoms with Crippen LogP contribution in [0.15, 0.2) is 6.20 Å². The van der Waals surface area contributed by atoms with Gasteiger partial charge in [-0.05, 0) is 7.05 Å². The van der Waals surface area contributed by atoms with Gasteiger partial charge in [-0.15, -0.1) is 0 Å². The van der Waals surface area contributed by atoms with Crippen LogP contribution in [-0.4, -0.2) is 58.8 Å². The number of hydrogen-bond donors (Lipinski definition) is 2. The van der Waals surface area contributed by atoms with Crippen LogP contribution in [0.25, 0.3) is 0 Å². The van der Waals surface area contributed by atoms with Crippen LogP contribution in [0, 0.1) is 0 Å². The fraction of sp³-hybridized carbons (Fsp3) is 0.600. The van der Waals surface area contributed by atoms with Crippen LogP contribution in [-0.2, 0) is 7.05 Å². The Morgan fingerprint density at radius 3 is 2.53 bits per heavy atom. The van der Waals surface area contributed by atoms with Gasteiger partial charge < -0.3 is 10.6 Å². The number of nitrogens with two attached hydrogens (primary N) is 1. The van der Waals surface area contributed by atoms with E-state index in [1.165, 1.54) is 4.68 Å². The lowest BCUT2D eigenvalue weighted by molar-refractivity contribution is 0.0658. The number of anilines is 1. The highest BCUT2D eigenvalue weighted by Gasteiger charge is 2.19. The molecule has 0 aliphatic carbocycles. The fourth-order valence-corrected chi connectivity index (χ4v) is 1.80. The molecule has 0 aromatic carbocycles. The van der Waals surface area contributed by atoms with Crippen LogP contribution < -0.4 is 11.2 Å². The predicted molar refractivity (Wildman–Crippen MR) is 64.2 cm³/mol. The maximum Gasteiger partial charge on any atom is 0.288 e. The summed E-state index contributed by atoms with van der Waals surface area (Å²) in [6, 6.07) is 0. The fourth-order valence-electron chi connectivity index (χ4n) is 1.80. The first-order valence-corrected chi connectivity index (χ1v) is 5.60. The highest BCUT2D eigenvalue weighted by Crippen LogP contribution is 2.08. The number of amides is 1. The van der Waals surface area contributed by atoms with Crippen molar-refractivity contribution < 1.29 is 4.79 Å². The summed E-state index contributed by atoms with van der Waals surface area (Å²) in [7, 11) is 3.80. The lowest BCUT2D eigenvalue weighted by atomic mass is 10.3. The Hall–Kier alpha value is -1.60. The van der Waals surface area contributed by atoms with Gasteiger partial charge in [-0.3, -0.25) is 14.9 Å². The molecule has 0 saturated carbocycles. The molecule has 7 heteroatoms. The van der Waals surface area contributed by atoms with E-state index in [0.717, 1.165) is 26.2 Å². The van der Waals surface area contributed by atoms with Gasteiger partial charge in [-0.25, -0.2) is 5.01 Å². The molecule has 17 heavy (non-hydrogen) atoms. The van der Waals surface area contributed by atoms with Crippen molar-refractivity contribution in [3.05, 3.63) is 11.9 Å². The van der Waals surface area contributed by atoms with Crippen molar-refractivity contribution in [3.8, 4) is 0 Å². The van der Waals surface area contributed by atoms with Crippen molar-refractivity contribution in [2.45, 2.75) is 0 Å². The van der Waals surface area contributed by atoms with E-state index >= 15 is 0 Å². The number of piperazine rings is 1. The first-order valence-electron chi connectivity index (χ1n) is 5.60. The first-order chi connectivity index (χ1) is 8.06. The van der Waals surface area contributed by atoms with E-state index in [2.05, 4.69) is 22.5 Å². The van der Waals surface area contributed by atoms with Crippen LogP contribution in [0.5, 0.6) is 0 Å². The number of nitrogens with zero attached hydrogens (tertiary/aromatic N) is 4. The Kier molecular flexibility index (Phi) is 3.30. The number of aryl methyl sites for hydroxylation is 1. The van der Waals surface area contributed by atoms with Gasteiger partial charge in [0.1, 0.15) is 0 Å². The molecule has 1 fully saturated rings. The summed E-state index contributed by atoms with van der Waals surface area (Å²) < 4.78 is 1.54. The van der Waals surface area contributed by atoms with E-state index in [1.807, 2.05) is 5.01 Å². The lowest BCUT2D eigenvalue weighted by Crippen LogP contribution is -2.52. The second-order valence-corrected chi connectivity index (χ2v) is 4.34. The molecule has 0 atom stereocenters. The van der Waals surface area contributed by atoms with E-state index in [1.54, 1.807) is 13.2 Å². The number of nitrogen functional groups attached to an aromatic ring is 1. The van der Waals surface area contributed by atoms with Crippen molar-refractivity contribution in [2.75, 3.05) is 39.0 Å². The summed E-state index contributed by atoms with van der Waals surface area (Å²) in [5.41, 5.74) is 9.21. The number of likely N-dealkylation sites (N-methyl/N-ethyl adjacent to an activating group) is 1. The predicted octanol–water partition coefficient (Wildman–Crippen LogP) is -1.11. The van der Waals surface area contributed by atoms with Gasteiger partial charge in [-0.2, -0.15) is 5.10 Å². The topological polar surface area (TPSA) is 79.4 Å². The summed E-state index contributed by atoms with van der Waals surface area (Å²) in [5, 5.41) is 5.93. The second kappa shape index (κ2) is 4.72. The van der Waals surface area contributed by atoms with Crippen LogP contribution in [0.2, 0.25) is 0 Å². The molecule has 1 aromatic rings. The van der Waals surface area contributed by atoms with E-state index in [-0.39, 0.29) is 11.6 Å². The van der Waals surface area contributed by atoms with Gasteiger partial charge in [0, 0.05) is 39.4 Å². The largest absolute Gasteiger partial charge is 0.396 e. The third-order valence-electron chi connectivity index (χ3n) is 2.84. The quantitative estimate of drug-likeness (QED) is 0.683. The normalized spacial score (nSPS) is 18.2. The summed E-state index contributed by atoms with van der Waals surface area (Å²) in [6.45, 7) is 3.51. The molecule has 94 valence electrons. The number of hydrazine groups is 1. The number of carbonyl (C=O) groups is 1. The Balaban J connectivity index is 1.95. The summed E-state index contributed by atoms with van der Waals surface area (Å²) in [5.74, 6) is -0.243. The summed E-state index contributed by atoms with van der Waals surface area (Å²) in [6.07, 6.45) is 1.62. The lowest BCUT2D eigenvalue weighted by Gasteiger charge is -2.32. The van der Waals surface area contributed by atoms with Crippen LogP contribution in [0.3, 0.4) is 0 Å².